The van der Waals surface area contributed by atoms with Gasteiger partial charge in [0.05, 0.1) is 11.5 Å². The van der Waals surface area contributed by atoms with Crippen molar-refractivity contribution in [1.29, 1.82) is 0 Å². The topological polar surface area (TPSA) is 43.1 Å². The van der Waals surface area contributed by atoms with Crippen molar-refractivity contribution < 1.29 is 4.21 Å². The summed E-state index contributed by atoms with van der Waals surface area (Å²) in [6, 6.07) is 13.1. The monoisotopic (exact) mass is 327 g/mol. The van der Waals surface area contributed by atoms with Gasteiger partial charge in [-0.3, -0.25) is 4.21 Å². The highest BCUT2D eigenvalue weighted by atomic mass is 35.5. The summed E-state index contributed by atoms with van der Waals surface area (Å²) in [5, 5.41) is 1.26. The van der Waals surface area contributed by atoms with Crippen LogP contribution >= 0.6 is 23.2 Å². The van der Waals surface area contributed by atoms with E-state index in [4.69, 9.17) is 28.9 Å². The molecule has 2 N–H and O–H groups in total. The number of hydrogen-bond acceptors (Lipinski definition) is 2. The molecule has 0 amide bonds. The van der Waals surface area contributed by atoms with Gasteiger partial charge in [-0.15, -0.1) is 0 Å². The smallest absolute Gasteiger partial charge is 0.0503 e. The van der Waals surface area contributed by atoms with Crippen LogP contribution in [0.5, 0.6) is 0 Å². The first-order chi connectivity index (χ1) is 9.60. The summed E-state index contributed by atoms with van der Waals surface area (Å²) >= 11 is 12.2. The van der Waals surface area contributed by atoms with Crippen LogP contribution in [0, 0.1) is 0 Å². The van der Waals surface area contributed by atoms with Gasteiger partial charge in [0.2, 0.25) is 0 Å². The minimum Gasteiger partial charge on any atom is -0.326 e. The van der Waals surface area contributed by atoms with E-state index in [1.165, 1.54) is 0 Å². The number of benzene rings is 2. The molecule has 106 valence electrons. The van der Waals surface area contributed by atoms with Crippen LogP contribution in [0.25, 0.3) is 0 Å². The standard InChI is InChI=1S/C15H15Cl2NOS/c16-14-4-2-1-3-12(14)9-20(19)10-13-6-5-11(8-18)7-15(13)17/h1-7H,8-10,18H2. The molecule has 0 aliphatic heterocycles. The average Bonchev–Trinajstić information content (AvgIpc) is 2.43. The van der Waals surface area contributed by atoms with E-state index in [0.29, 0.717) is 28.1 Å². The third-order valence-electron chi connectivity index (χ3n) is 2.94. The van der Waals surface area contributed by atoms with E-state index in [1.807, 2.05) is 36.4 Å². The predicted molar refractivity (Wildman–Crippen MR) is 86.3 cm³/mol. The van der Waals surface area contributed by atoms with Crippen LogP contribution in [0.4, 0.5) is 0 Å². The first-order valence-corrected chi connectivity index (χ1v) is 8.40. The molecule has 0 saturated carbocycles. The maximum atomic E-state index is 12.2. The Balaban J connectivity index is 2.07. The van der Waals surface area contributed by atoms with Gasteiger partial charge in [0, 0.05) is 27.4 Å². The number of rotatable bonds is 5. The van der Waals surface area contributed by atoms with Crippen LogP contribution in [-0.4, -0.2) is 4.21 Å². The van der Waals surface area contributed by atoms with Gasteiger partial charge in [0.1, 0.15) is 0 Å². The lowest BCUT2D eigenvalue weighted by molar-refractivity contribution is 0.682. The third-order valence-corrected chi connectivity index (χ3v) is 4.93. The number of halogens is 2. The van der Waals surface area contributed by atoms with Crippen LogP contribution in [0.3, 0.4) is 0 Å². The fraction of sp³-hybridized carbons (Fsp3) is 0.200. The molecule has 0 radical (unpaired) electrons. The van der Waals surface area contributed by atoms with Crippen molar-refractivity contribution in [3.05, 3.63) is 69.2 Å². The molecule has 0 aliphatic rings. The Hall–Kier alpha value is -0.870. The summed E-state index contributed by atoms with van der Waals surface area (Å²) < 4.78 is 12.2. The summed E-state index contributed by atoms with van der Waals surface area (Å²) in [6.45, 7) is 0.447. The van der Waals surface area contributed by atoms with Gasteiger partial charge in [-0.05, 0) is 28.8 Å². The molecule has 0 aromatic heterocycles. The van der Waals surface area contributed by atoms with E-state index >= 15 is 0 Å². The molecular formula is C15H15Cl2NOS. The first kappa shape index (κ1) is 15.5. The SMILES string of the molecule is NCc1ccc(CS(=O)Cc2ccccc2Cl)c(Cl)c1. The lowest BCUT2D eigenvalue weighted by atomic mass is 10.1. The minimum atomic E-state index is -1.05. The van der Waals surface area contributed by atoms with Crippen LogP contribution < -0.4 is 5.73 Å². The third kappa shape index (κ3) is 4.06. The maximum absolute atomic E-state index is 12.2. The Morgan fingerprint density at radius 1 is 0.950 bits per heavy atom. The Bertz CT molecular complexity index is 631. The molecule has 0 aliphatic carbocycles. The van der Waals surface area contributed by atoms with E-state index in [9.17, 15) is 4.21 Å². The van der Waals surface area contributed by atoms with Gasteiger partial charge < -0.3 is 5.73 Å². The quantitative estimate of drug-likeness (QED) is 0.904. The molecule has 5 heteroatoms. The summed E-state index contributed by atoms with van der Waals surface area (Å²) in [5.41, 5.74) is 8.28. The van der Waals surface area contributed by atoms with Crippen LogP contribution in [0.15, 0.2) is 42.5 Å². The van der Waals surface area contributed by atoms with Gasteiger partial charge in [0.15, 0.2) is 0 Å². The summed E-state index contributed by atoms with van der Waals surface area (Å²) in [6.07, 6.45) is 0. The largest absolute Gasteiger partial charge is 0.326 e. The molecule has 0 fully saturated rings. The van der Waals surface area contributed by atoms with Crippen LogP contribution in [-0.2, 0) is 28.9 Å². The molecule has 2 rings (SSSR count). The zero-order valence-electron chi connectivity index (χ0n) is 10.8. The molecule has 0 bridgehead atoms. The number of hydrogen-bond donors (Lipinski definition) is 1. The summed E-state index contributed by atoms with van der Waals surface area (Å²) in [4.78, 5) is 0. The number of nitrogens with two attached hydrogens (primary N) is 1. The van der Waals surface area contributed by atoms with Crippen molar-refractivity contribution in [3.63, 3.8) is 0 Å². The lowest BCUT2D eigenvalue weighted by Gasteiger charge is -2.07. The van der Waals surface area contributed by atoms with Crippen LogP contribution in [0.1, 0.15) is 16.7 Å². The van der Waals surface area contributed by atoms with Crippen molar-refractivity contribution in [2.75, 3.05) is 0 Å². The van der Waals surface area contributed by atoms with E-state index in [1.54, 1.807) is 6.07 Å². The second kappa shape index (κ2) is 7.23. The minimum absolute atomic E-state index is 0.412. The molecule has 0 heterocycles. The van der Waals surface area contributed by atoms with Crippen molar-refractivity contribution in [3.8, 4) is 0 Å². The fourth-order valence-corrected chi connectivity index (χ4v) is 3.78. The summed E-state index contributed by atoms with van der Waals surface area (Å²) in [7, 11) is -1.05. The molecule has 0 spiro atoms. The average molecular weight is 328 g/mol. The van der Waals surface area contributed by atoms with E-state index in [2.05, 4.69) is 0 Å². The summed E-state index contributed by atoms with van der Waals surface area (Å²) in [5.74, 6) is 0.837. The maximum Gasteiger partial charge on any atom is 0.0503 e. The van der Waals surface area contributed by atoms with E-state index in [-0.39, 0.29) is 0 Å². The molecule has 20 heavy (non-hydrogen) atoms. The van der Waals surface area contributed by atoms with Crippen LogP contribution in [0.2, 0.25) is 10.0 Å². The molecular weight excluding hydrogens is 313 g/mol. The second-order valence-corrected chi connectivity index (χ2v) is 6.72. The van der Waals surface area contributed by atoms with Crippen molar-refractivity contribution in [2.45, 2.75) is 18.1 Å². The lowest BCUT2D eigenvalue weighted by Crippen LogP contribution is -2.02. The molecule has 1 atom stereocenters. The second-order valence-electron chi connectivity index (χ2n) is 4.45. The highest BCUT2D eigenvalue weighted by Crippen LogP contribution is 2.22. The zero-order valence-corrected chi connectivity index (χ0v) is 13.1. The highest BCUT2D eigenvalue weighted by Gasteiger charge is 2.09. The molecule has 0 saturated heterocycles. The van der Waals surface area contributed by atoms with Crippen molar-refractivity contribution in [2.24, 2.45) is 5.73 Å². The molecule has 2 aromatic rings. The Morgan fingerprint density at radius 2 is 1.60 bits per heavy atom. The molecule has 1 unspecified atom stereocenters. The van der Waals surface area contributed by atoms with Gasteiger partial charge in [0.25, 0.3) is 0 Å². The zero-order chi connectivity index (χ0) is 14.5. The Morgan fingerprint density at radius 3 is 2.20 bits per heavy atom. The van der Waals surface area contributed by atoms with E-state index in [0.717, 1.165) is 16.7 Å². The van der Waals surface area contributed by atoms with Crippen molar-refractivity contribution in [1.82, 2.24) is 0 Å². The van der Waals surface area contributed by atoms with Gasteiger partial charge in [-0.25, -0.2) is 0 Å². The van der Waals surface area contributed by atoms with Crippen molar-refractivity contribution >= 4 is 34.0 Å². The van der Waals surface area contributed by atoms with Gasteiger partial charge in [-0.2, -0.15) is 0 Å². The molecule has 2 nitrogen and oxygen atoms in total. The van der Waals surface area contributed by atoms with Gasteiger partial charge in [-0.1, -0.05) is 53.5 Å². The Kier molecular flexibility index (Phi) is 5.61. The Labute approximate surface area is 131 Å². The van der Waals surface area contributed by atoms with Gasteiger partial charge >= 0.3 is 0 Å². The normalized spacial score (nSPS) is 12.3. The molecule has 2 aromatic carbocycles. The highest BCUT2D eigenvalue weighted by molar-refractivity contribution is 7.83. The van der Waals surface area contributed by atoms with E-state index < -0.39 is 10.8 Å². The predicted octanol–water partition coefficient (Wildman–Crippen LogP) is 3.90. The fourth-order valence-electron chi connectivity index (χ4n) is 1.85. The first-order valence-electron chi connectivity index (χ1n) is 6.16.